The van der Waals surface area contributed by atoms with Crippen LogP contribution >= 0.6 is 0 Å². The van der Waals surface area contributed by atoms with Crippen molar-refractivity contribution in [1.29, 1.82) is 0 Å². The van der Waals surface area contributed by atoms with Crippen LogP contribution < -0.4 is 0 Å². The molecule has 0 saturated heterocycles. The number of rotatable bonds is 8. The molecular formula is C8H18O4S. The quantitative estimate of drug-likeness (QED) is 0.446. The molecular weight excluding hydrogens is 192 g/mol. The summed E-state index contributed by atoms with van der Waals surface area (Å²) in [5.41, 5.74) is 0. The van der Waals surface area contributed by atoms with Crippen molar-refractivity contribution in [2.45, 2.75) is 26.7 Å². The molecule has 0 N–H and O–H groups in total. The summed E-state index contributed by atoms with van der Waals surface area (Å²) in [5, 5.41) is 0. The van der Waals surface area contributed by atoms with Crippen molar-refractivity contribution in [3.8, 4) is 0 Å². The predicted molar refractivity (Wildman–Crippen MR) is 51.1 cm³/mol. The second-order valence-corrected chi connectivity index (χ2v) is 4.50. The first kappa shape index (κ1) is 12.9. The van der Waals surface area contributed by atoms with Gasteiger partial charge in [-0.2, -0.15) is 8.42 Å². The molecule has 13 heavy (non-hydrogen) atoms. The molecule has 0 aromatic carbocycles. The minimum absolute atomic E-state index is 0.0401. The highest BCUT2D eigenvalue weighted by Crippen LogP contribution is 1.97. The smallest absolute Gasteiger partial charge is 0.267 e. The minimum atomic E-state index is -3.25. The summed E-state index contributed by atoms with van der Waals surface area (Å²) >= 11 is 0. The third-order valence-electron chi connectivity index (χ3n) is 1.50. The Morgan fingerprint density at radius 2 is 1.69 bits per heavy atom. The third-order valence-corrected chi connectivity index (χ3v) is 2.74. The highest BCUT2D eigenvalue weighted by Gasteiger charge is 2.05. The predicted octanol–water partition coefficient (Wildman–Crippen LogP) is 1.17. The van der Waals surface area contributed by atoms with Gasteiger partial charge in [0.05, 0.1) is 12.4 Å². The highest BCUT2D eigenvalue weighted by atomic mass is 32.2. The molecule has 0 rings (SSSR count). The second-order valence-electron chi connectivity index (χ2n) is 2.57. The molecule has 0 unspecified atom stereocenters. The Kier molecular flexibility index (Phi) is 7.22. The number of ether oxygens (including phenoxy) is 1. The first-order valence-corrected chi connectivity index (χ1v) is 6.15. The SMILES string of the molecule is CCOCCCCOS(=O)(=O)CC. The fraction of sp³-hybridized carbons (Fsp3) is 1.00. The molecule has 0 aromatic rings. The van der Waals surface area contributed by atoms with E-state index in [0.717, 1.165) is 12.8 Å². The van der Waals surface area contributed by atoms with Crippen molar-refractivity contribution in [3.63, 3.8) is 0 Å². The summed E-state index contributed by atoms with van der Waals surface area (Å²) in [6, 6.07) is 0. The van der Waals surface area contributed by atoms with Gasteiger partial charge >= 0.3 is 0 Å². The van der Waals surface area contributed by atoms with Gasteiger partial charge in [0.25, 0.3) is 10.1 Å². The number of hydrogen-bond acceptors (Lipinski definition) is 4. The van der Waals surface area contributed by atoms with E-state index in [4.69, 9.17) is 4.74 Å². The van der Waals surface area contributed by atoms with Gasteiger partial charge in [-0.3, -0.25) is 4.18 Å². The van der Waals surface area contributed by atoms with E-state index in [1.54, 1.807) is 6.92 Å². The Hall–Kier alpha value is -0.130. The normalized spacial score (nSPS) is 11.8. The molecule has 0 fully saturated rings. The first-order valence-electron chi connectivity index (χ1n) is 4.57. The number of unbranched alkanes of at least 4 members (excludes halogenated alkanes) is 1. The maximum Gasteiger partial charge on any atom is 0.267 e. The van der Waals surface area contributed by atoms with Gasteiger partial charge in [-0.1, -0.05) is 0 Å². The topological polar surface area (TPSA) is 52.6 Å². The molecule has 0 bridgehead atoms. The Morgan fingerprint density at radius 3 is 2.23 bits per heavy atom. The summed E-state index contributed by atoms with van der Waals surface area (Å²) in [5.74, 6) is 0.0401. The molecule has 0 aromatic heterocycles. The monoisotopic (exact) mass is 210 g/mol. The van der Waals surface area contributed by atoms with E-state index in [0.29, 0.717) is 13.2 Å². The third kappa shape index (κ3) is 8.21. The molecule has 0 aliphatic carbocycles. The fourth-order valence-corrected chi connectivity index (χ4v) is 1.26. The number of hydrogen-bond donors (Lipinski definition) is 0. The van der Waals surface area contributed by atoms with Gasteiger partial charge in [0.1, 0.15) is 0 Å². The maximum atomic E-state index is 10.8. The average molecular weight is 210 g/mol. The summed E-state index contributed by atoms with van der Waals surface area (Å²) < 4.78 is 31.4. The molecule has 4 nitrogen and oxygen atoms in total. The molecule has 0 atom stereocenters. The molecule has 0 aliphatic heterocycles. The molecule has 0 heterocycles. The lowest BCUT2D eigenvalue weighted by Gasteiger charge is -2.03. The summed E-state index contributed by atoms with van der Waals surface area (Å²) in [4.78, 5) is 0. The molecule has 0 aliphatic rings. The zero-order valence-electron chi connectivity index (χ0n) is 8.28. The van der Waals surface area contributed by atoms with Crippen LogP contribution in [0.3, 0.4) is 0 Å². The van der Waals surface area contributed by atoms with Crippen LogP contribution in [0.4, 0.5) is 0 Å². The van der Waals surface area contributed by atoms with Gasteiger partial charge in [0.15, 0.2) is 0 Å². The Morgan fingerprint density at radius 1 is 1.08 bits per heavy atom. The van der Waals surface area contributed by atoms with Crippen molar-refractivity contribution in [1.82, 2.24) is 0 Å². The van der Waals surface area contributed by atoms with Crippen molar-refractivity contribution < 1.29 is 17.3 Å². The zero-order valence-corrected chi connectivity index (χ0v) is 9.10. The van der Waals surface area contributed by atoms with E-state index in [9.17, 15) is 8.42 Å². The van der Waals surface area contributed by atoms with Crippen LogP contribution in [-0.4, -0.2) is 34.0 Å². The van der Waals surface area contributed by atoms with Gasteiger partial charge in [-0.15, -0.1) is 0 Å². The van der Waals surface area contributed by atoms with Crippen molar-refractivity contribution in [2.24, 2.45) is 0 Å². The first-order chi connectivity index (χ1) is 6.12. The molecule has 0 radical (unpaired) electrons. The molecule has 0 amide bonds. The molecule has 0 saturated carbocycles. The lowest BCUT2D eigenvalue weighted by atomic mass is 10.3. The summed E-state index contributed by atoms with van der Waals surface area (Å²) in [6.45, 7) is 5.14. The Labute approximate surface area is 80.4 Å². The standard InChI is InChI=1S/C8H18O4S/c1-3-11-7-5-6-8-12-13(9,10)4-2/h3-8H2,1-2H3. The average Bonchev–Trinajstić information content (AvgIpc) is 2.11. The molecule has 5 heteroatoms. The van der Waals surface area contributed by atoms with E-state index in [1.807, 2.05) is 6.92 Å². The van der Waals surface area contributed by atoms with Crippen LogP contribution in [0, 0.1) is 0 Å². The van der Waals surface area contributed by atoms with Gasteiger partial charge in [0.2, 0.25) is 0 Å². The van der Waals surface area contributed by atoms with E-state index < -0.39 is 10.1 Å². The van der Waals surface area contributed by atoms with Gasteiger partial charge in [-0.05, 0) is 26.7 Å². The van der Waals surface area contributed by atoms with Gasteiger partial charge in [-0.25, -0.2) is 0 Å². The second kappa shape index (κ2) is 7.29. The van der Waals surface area contributed by atoms with E-state index in [1.165, 1.54) is 0 Å². The van der Waals surface area contributed by atoms with Crippen molar-refractivity contribution >= 4 is 10.1 Å². The fourth-order valence-electron chi connectivity index (χ4n) is 0.720. The van der Waals surface area contributed by atoms with Crippen LogP contribution in [-0.2, 0) is 19.0 Å². The van der Waals surface area contributed by atoms with Crippen molar-refractivity contribution in [3.05, 3.63) is 0 Å². The zero-order chi connectivity index (χ0) is 10.2. The van der Waals surface area contributed by atoms with E-state index in [2.05, 4.69) is 4.18 Å². The minimum Gasteiger partial charge on any atom is -0.382 e. The van der Waals surface area contributed by atoms with Crippen LogP contribution in [0.15, 0.2) is 0 Å². The van der Waals surface area contributed by atoms with E-state index in [-0.39, 0.29) is 12.4 Å². The Bertz CT molecular complexity index is 198. The highest BCUT2D eigenvalue weighted by molar-refractivity contribution is 7.86. The van der Waals surface area contributed by atoms with Crippen molar-refractivity contribution in [2.75, 3.05) is 25.6 Å². The van der Waals surface area contributed by atoms with Gasteiger partial charge < -0.3 is 4.74 Å². The summed E-state index contributed by atoms with van der Waals surface area (Å²) in [6.07, 6.45) is 1.56. The van der Waals surface area contributed by atoms with Crippen LogP contribution in [0.25, 0.3) is 0 Å². The van der Waals surface area contributed by atoms with Crippen LogP contribution in [0.1, 0.15) is 26.7 Å². The lowest BCUT2D eigenvalue weighted by Crippen LogP contribution is -2.09. The van der Waals surface area contributed by atoms with Crippen LogP contribution in [0.5, 0.6) is 0 Å². The van der Waals surface area contributed by atoms with Crippen LogP contribution in [0.2, 0.25) is 0 Å². The largest absolute Gasteiger partial charge is 0.382 e. The molecule has 80 valence electrons. The Balaban J connectivity index is 3.26. The van der Waals surface area contributed by atoms with Gasteiger partial charge in [0, 0.05) is 13.2 Å². The van der Waals surface area contributed by atoms with E-state index >= 15 is 0 Å². The lowest BCUT2D eigenvalue weighted by molar-refractivity contribution is 0.139. The summed E-state index contributed by atoms with van der Waals surface area (Å²) in [7, 11) is -3.25. The maximum absolute atomic E-state index is 10.8. The molecule has 0 spiro atoms.